The van der Waals surface area contributed by atoms with E-state index >= 15 is 0 Å². The van der Waals surface area contributed by atoms with Crippen LogP contribution < -0.4 is 5.32 Å². The van der Waals surface area contributed by atoms with Gasteiger partial charge >= 0.3 is 0 Å². The molecule has 0 aliphatic carbocycles. The fraction of sp³-hybridized carbons (Fsp3) is 0.526. The molecule has 1 aromatic rings. The lowest BCUT2D eigenvalue weighted by atomic mass is 9.90. The zero-order valence-corrected chi connectivity index (χ0v) is 16.2. The lowest BCUT2D eigenvalue weighted by Gasteiger charge is -2.21. The van der Waals surface area contributed by atoms with E-state index in [4.69, 9.17) is 0 Å². The first-order valence-corrected chi connectivity index (χ1v) is 9.47. The maximum absolute atomic E-state index is 12.4. The molecular weight excluding hydrogens is 322 g/mol. The van der Waals surface area contributed by atoms with Crippen molar-refractivity contribution in [1.29, 1.82) is 0 Å². The lowest BCUT2D eigenvalue weighted by Crippen LogP contribution is -2.36. The third kappa shape index (κ3) is 6.36. The van der Waals surface area contributed by atoms with Gasteiger partial charge in [-0.05, 0) is 47.8 Å². The predicted molar refractivity (Wildman–Crippen MR) is 107 cm³/mol. The summed E-state index contributed by atoms with van der Waals surface area (Å²) in [5.41, 5.74) is 3.70. The Bertz CT molecular complexity index is 536. The van der Waals surface area contributed by atoms with Crippen LogP contribution in [0.25, 0.3) is 5.57 Å². The summed E-state index contributed by atoms with van der Waals surface area (Å²) >= 11 is 8.84. The SMILES string of the molecule is CCCC(=O)C(C/C(=C(/C)S)c1ccccc1CCC)NCS. The number of hydrogen-bond donors (Lipinski definition) is 3. The Hall–Kier alpha value is -0.710. The summed E-state index contributed by atoms with van der Waals surface area (Å²) in [6.45, 7) is 6.22. The van der Waals surface area contributed by atoms with Gasteiger partial charge in [0.25, 0.3) is 0 Å². The van der Waals surface area contributed by atoms with Crippen molar-refractivity contribution in [1.82, 2.24) is 5.32 Å². The number of hydrogen-bond acceptors (Lipinski definition) is 4. The van der Waals surface area contributed by atoms with Crippen LogP contribution in [-0.2, 0) is 11.2 Å². The van der Waals surface area contributed by atoms with Crippen LogP contribution in [0.2, 0.25) is 0 Å². The molecule has 0 aliphatic heterocycles. The first kappa shape index (κ1) is 20.3. The molecule has 0 heterocycles. The number of thiol groups is 2. The van der Waals surface area contributed by atoms with E-state index in [2.05, 4.69) is 61.8 Å². The quantitative estimate of drug-likeness (QED) is 0.413. The molecule has 2 nitrogen and oxygen atoms in total. The highest BCUT2D eigenvalue weighted by Gasteiger charge is 2.20. The molecule has 0 radical (unpaired) electrons. The topological polar surface area (TPSA) is 29.1 Å². The molecule has 1 aromatic carbocycles. The third-order valence-electron chi connectivity index (χ3n) is 3.93. The summed E-state index contributed by atoms with van der Waals surface area (Å²) in [5, 5.41) is 3.22. The molecule has 1 rings (SSSR count). The maximum atomic E-state index is 12.4. The Kier molecular flexibility index (Phi) is 9.68. The molecule has 0 saturated heterocycles. The number of carbonyl (C=O) groups excluding carboxylic acids is 1. The summed E-state index contributed by atoms with van der Waals surface area (Å²) in [4.78, 5) is 13.4. The number of rotatable bonds is 10. The second-order valence-corrected chi connectivity index (χ2v) is 6.79. The van der Waals surface area contributed by atoms with Crippen molar-refractivity contribution in [3.63, 3.8) is 0 Å². The number of Topliss-reactive ketones (excluding diaryl/α,β-unsaturated/α-hetero) is 1. The first-order valence-electron chi connectivity index (χ1n) is 8.39. The van der Waals surface area contributed by atoms with E-state index in [0.29, 0.717) is 18.7 Å². The summed E-state index contributed by atoms with van der Waals surface area (Å²) in [6.07, 6.45) is 4.27. The van der Waals surface area contributed by atoms with Crippen molar-refractivity contribution >= 4 is 36.6 Å². The number of benzene rings is 1. The molecule has 0 bridgehead atoms. The summed E-state index contributed by atoms with van der Waals surface area (Å²) in [7, 11) is 0. The van der Waals surface area contributed by atoms with E-state index in [9.17, 15) is 4.79 Å². The predicted octanol–water partition coefficient (Wildman–Crippen LogP) is 4.90. The van der Waals surface area contributed by atoms with Crippen molar-refractivity contribution in [2.24, 2.45) is 0 Å². The fourth-order valence-corrected chi connectivity index (χ4v) is 3.22. The standard InChI is InChI=1S/C19H29NOS2/c1-4-8-15-10-6-7-11-16(15)17(14(3)23)12-18(20-13-22)19(21)9-5-2/h6-7,10-11,18,20,22-23H,4-5,8-9,12-13H2,1-3H3/b17-14+. The molecule has 0 aliphatic rings. The third-order valence-corrected chi connectivity index (χ3v) is 4.38. The van der Waals surface area contributed by atoms with Gasteiger partial charge < -0.3 is 0 Å². The van der Waals surface area contributed by atoms with Gasteiger partial charge in [0.1, 0.15) is 5.78 Å². The monoisotopic (exact) mass is 351 g/mol. The molecule has 0 fully saturated rings. The van der Waals surface area contributed by atoms with E-state index < -0.39 is 0 Å². The van der Waals surface area contributed by atoms with Crippen LogP contribution >= 0.6 is 25.3 Å². The minimum atomic E-state index is -0.195. The highest BCUT2D eigenvalue weighted by Crippen LogP contribution is 2.29. The van der Waals surface area contributed by atoms with Gasteiger partial charge in [0.05, 0.1) is 6.04 Å². The molecular formula is C19H29NOS2. The molecule has 23 heavy (non-hydrogen) atoms. The van der Waals surface area contributed by atoms with Crippen LogP contribution in [-0.4, -0.2) is 17.7 Å². The Morgan fingerprint density at radius 2 is 1.91 bits per heavy atom. The zero-order chi connectivity index (χ0) is 17.2. The Balaban J connectivity index is 3.12. The number of ketones is 1. The zero-order valence-electron chi connectivity index (χ0n) is 14.4. The Morgan fingerprint density at radius 3 is 2.48 bits per heavy atom. The van der Waals surface area contributed by atoms with Gasteiger partial charge in [-0.15, -0.1) is 12.6 Å². The fourth-order valence-electron chi connectivity index (χ4n) is 2.79. The van der Waals surface area contributed by atoms with E-state index in [1.807, 2.05) is 13.8 Å². The van der Waals surface area contributed by atoms with Crippen LogP contribution in [0.5, 0.6) is 0 Å². The molecule has 0 aromatic heterocycles. The number of carbonyl (C=O) groups is 1. The van der Waals surface area contributed by atoms with Crippen LogP contribution in [0.1, 0.15) is 57.6 Å². The van der Waals surface area contributed by atoms with Gasteiger partial charge in [0.15, 0.2) is 0 Å². The summed E-state index contributed by atoms with van der Waals surface area (Å²) in [6, 6.07) is 8.25. The van der Waals surface area contributed by atoms with Crippen LogP contribution in [0, 0.1) is 0 Å². The molecule has 4 heteroatoms. The normalized spacial score (nSPS) is 13.6. The average Bonchev–Trinajstić information content (AvgIpc) is 2.52. The Labute approximate surface area is 152 Å². The highest BCUT2D eigenvalue weighted by atomic mass is 32.1. The number of nitrogens with one attached hydrogen (secondary N) is 1. The van der Waals surface area contributed by atoms with Gasteiger partial charge in [0, 0.05) is 12.3 Å². The molecule has 1 unspecified atom stereocenters. The van der Waals surface area contributed by atoms with E-state index in [1.54, 1.807) is 0 Å². The largest absolute Gasteiger partial charge is 0.298 e. The first-order chi connectivity index (χ1) is 11.0. The molecule has 0 saturated carbocycles. The van der Waals surface area contributed by atoms with E-state index in [0.717, 1.165) is 29.7 Å². The van der Waals surface area contributed by atoms with Gasteiger partial charge in [-0.2, -0.15) is 12.6 Å². The van der Waals surface area contributed by atoms with Gasteiger partial charge in [-0.1, -0.05) is 44.5 Å². The number of aryl methyl sites for hydroxylation is 1. The summed E-state index contributed by atoms with van der Waals surface area (Å²) in [5.74, 6) is 0.747. The smallest absolute Gasteiger partial charge is 0.150 e. The molecule has 0 amide bonds. The number of allylic oxidation sites excluding steroid dienone is 1. The maximum Gasteiger partial charge on any atom is 0.150 e. The van der Waals surface area contributed by atoms with Crippen molar-refractivity contribution < 1.29 is 4.79 Å². The van der Waals surface area contributed by atoms with Crippen LogP contribution in [0.3, 0.4) is 0 Å². The molecule has 0 spiro atoms. The average molecular weight is 352 g/mol. The van der Waals surface area contributed by atoms with Crippen molar-refractivity contribution in [2.45, 2.75) is 58.9 Å². The van der Waals surface area contributed by atoms with Gasteiger partial charge in [0.2, 0.25) is 0 Å². The minimum Gasteiger partial charge on any atom is -0.298 e. The van der Waals surface area contributed by atoms with E-state index in [-0.39, 0.29) is 11.8 Å². The Morgan fingerprint density at radius 1 is 1.22 bits per heavy atom. The molecule has 1 atom stereocenters. The van der Waals surface area contributed by atoms with Crippen LogP contribution in [0.15, 0.2) is 29.2 Å². The highest BCUT2D eigenvalue weighted by molar-refractivity contribution is 7.84. The van der Waals surface area contributed by atoms with Gasteiger partial charge in [-0.25, -0.2) is 0 Å². The van der Waals surface area contributed by atoms with Crippen molar-refractivity contribution in [3.05, 3.63) is 40.3 Å². The van der Waals surface area contributed by atoms with Crippen molar-refractivity contribution in [2.75, 3.05) is 5.88 Å². The lowest BCUT2D eigenvalue weighted by molar-refractivity contribution is -0.120. The molecule has 1 N–H and O–H groups in total. The second-order valence-electron chi connectivity index (χ2n) is 5.81. The van der Waals surface area contributed by atoms with Crippen molar-refractivity contribution in [3.8, 4) is 0 Å². The van der Waals surface area contributed by atoms with Crippen LogP contribution in [0.4, 0.5) is 0 Å². The molecule has 128 valence electrons. The van der Waals surface area contributed by atoms with E-state index in [1.165, 1.54) is 11.1 Å². The van der Waals surface area contributed by atoms with Gasteiger partial charge in [-0.3, -0.25) is 10.1 Å². The minimum absolute atomic E-state index is 0.195. The summed E-state index contributed by atoms with van der Waals surface area (Å²) < 4.78 is 0. The second kappa shape index (κ2) is 11.0.